The van der Waals surface area contributed by atoms with Crippen molar-refractivity contribution >= 4 is 34.4 Å². The van der Waals surface area contributed by atoms with Gasteiger partial charge in [0.25, 0.3) is 5.91 Å². The van der Waals surface area contributed by atoms with Gasteiger partial charge < -0.3 is 14.2 Å². The van der Waals surface area contributed by atoms with Crippen molar-refractivity contribution in [3.8, 4) is 22.8 Å². The molecule has 0 radical (unpaired) electrons. The Labute approximate surface area is 182 Å². The summed E-state index contributed by atoms with van der Waals surface area (Å²) in [6.07, 6.45) is 1.67. The number of fused-ring (bicyclic) bond motifs is 1. The molecule has 0 aliphatic heterocycles. The number of hydrogen-bond donors (Lipinski definition) is 1. The molecule has 0 spiro atoms. The van der Waals surface area contributed by atoms with Gasteiger partial charge in [0.2, 0.25) is 5.89 Å². The molecule has 7 heteroatoms. The van der Waals surface area contributed by atoms with E-state index in [2.05, 4.69) is 15.3 Å². The molecule has 5 rings (SSSR count). The van der Waals surface area contributed by atoms with Crippen LogP contribution in [0.25, 0.3) is 34.0 Å². The van der Waals surface area contributed by atoms with Crippen molar-refractivity contribution in [1.82, 2.24) is 9.97 Å². The van der Waals surface area contributed by atoms with E-state index in [0.29, 0.717) is 33.6 Å². The number of nitrogens with zero attached hydrogens (tertiary/aromatic N) is 2. The Balaban J connectivity index is 1.39. The first kappa shape index (κ1) is 19.1. The number of carbonyl (C=O) groups is 1. The van der Waals surface area contributed by atoms with Gasteiger partial charge in [0.15, 0.2) is 17.0 Å². The molecule has 152 valence electrons. The van der Waals surface area contributed by atoms with Gasteiger partial charge in [0, 0.05) is 28.0 Å². The lowest BCUT2D eigenvalue weighted by Gasteiger charge is -2.07. The zero-order valence-electron chi connectivity index (χ0n) is 16.4. The molecule has 2 aromatic carbocycles. The Morgan fingerprint density at radius 3 is 2.65 bits per heavy atom. The van der Waals surface area contributed by atoms with Gasteiger partial charge in [-0.05, 0) is 73.2 Å². The lowest BCUT2D eigenvalue weighted by molar-refractivity contribution is 0.0997. The van der Waals surface area contributed by atoms with Gasteiger partial charge in [-0.2, -0.15) is 4.98 Å². The Kier molecular flexibility index (Phi) is 4.76. The Hall–Kier alpha value is -3.90. The third-order valence-corrected chi connectivity index (χ3v) is 5.10. The van der Waals surface area contributed by atoms with Crippen molar-refractivity contribution in [1.29, 1.82) is 0 Å². The highest BCUT2D eigenvalue weighted by atomic mass is 35.5. The number of furan rings is 1. The lowest BCUT2D eigenvalue weighted by Crippen LogP contribution is -2.11. The topological polar surface area (TPSA) is 81.2 Å². The molecule has 0 atom stereocenters. The average Bonchev–Trinajstić information content (AvgIpc) is 3.43. The molecule has 0 fully saturated rings. The van der Waals surface area contributed by atoms with Crippen LogP contribution in [0, 0.1) is 6.92 Å². The minimum absolute atomic E-state index is 0.207. The first-order valence-electron chi connectivity index (χ1n) is 9.56. The Morgan fingerprint density at radius 1 is 1.00 bits per heavy atom. The number of anilines is 1. The zero-order valence-corrected chi connectivity index (χ0v) is 17.2. The first-order chi connectivity index (χ1) is 15.1. The molecule has 1 amide bonds. The summed E-state index contributed by atoms with van der Waals surface area (Å²) in [4.78, 5) is 21.4. The molecule has 31 heavy (non-hydrogen) atoms. The van der Waals surface area contributed by atoms with E-state index in [9.17, 15) is 4.79 Å². The quantitative estimate of drug-likeness (QED) is 0.359. The van der Waals surface area contributed by atoms with Gasteiger partial charge in [-0.25, -0.2) is 4.98 Å². The SMILES string of the molecule is Cc1ccc(NC(=O)c2ccc(-c3ccc(Cl)cc3)o2)cc1-c1nc2ncccc2o1. The first-order valence-corrected chi connectivity index (χ1v) is 9.94. The van der Waals surface area contributed by atoms with E-state index in [4.69, 9.17) is 20.4 Å². The lowest BCUT2D eigenvalue weighted by atomic mass is 10.1. The normalized spacial score (nSPS) is 11.0. The van der Waals surface area contributed by atoms with Gasteiger partial charge in [-0.3, -0.25) is 4.79 Å². The van der Waals surface area contributed by atoms with Crippen LogP contribution in [0.15, 0.2) is 81.8 Å². The minimum Gasteiger partial charge on any atom is -0.451 e. The molecule has 0 aliphatic rings. The number of aryl methyl sites for hydroxylation is 1. The van der Waals surface area contributed by atoms with Crippen LogP contribution in [-0.2, 0) is 0 Å². The van der Waals surface area contributed by atoms with Crippen LogP contribution in [0.3, 0.4) is 0 Å². The number of benzene rings is 2. The summed E-state index contributed by atoms with van der Waals surface area (Å²) in [5.74, 6) is 0.892. The maximum atomic E-state index is 12.7. The maximum Gasteiger partial charge on any atom is 0.291 e. The van der Waals surface area contributed by atoms with Gasteiger partial charge in [-0.15, -0.1) is 0 Å². The van der Waals surface area contributed by atoms with Crippen molar-refractivity contribution in [3.05, 3.63) is 89.3 Å². The third-order valence-electron chi connectivity index (χ3n) is 4.85. The molecule has 0 aliphatic carbocycles. The molecular formula is C24H16ClN3O3. The fourth-order valence-electron chi connectivity index (χ4n) is 3.24. The summed E-state index contributed by atoms with van der Waals surface area (Å²) in [5, 5.41) is 3.50. The smallest absolute Gasteiger partial charge is 0.291 e. The molecule has 0 bridgehead atoms. The fraction of sp³-hybridized carbons (Fsp3) is 0.0417. The van der Waals surface area contributed by atoms with Crippen LogP contribution >= 0.6 is 11.6 Å². The van der Waals surface area contributed by atoms with Crippen molar-refractivity contribution < 1.29 is 13.6 Å². The minimum atomic E-state index is -0.353. The number of amides is 1. The van der Waals surface area contributed by atoms with Crippen molar-refractivity contribution in [2.45, 2.75) is 6.92 Å². The van der Waals surface area contributed by atoms with Crippen LogP contribution in [-0.4, -0.2) is 15.9 Å². The van der Waals surface area contributed by atoms with Crippen molar-refractivity contribution in [2.24, 2.45) is 0 Å². The van der Waals surface area contributed by atoms with E-state index >= 15 is 0 Å². The summed E-state index contributed by atoms with van der Waals surface area (Å²) in [5.41, 5.74) is 4.33. The van der Waals surface area contributed by atoms with E-state index in [1.54, 1.807) is 36.5 Å². The molecule has 3 heterocycles. The monoisotopic (exact) mass is 429 g/mol. The van der Waals surface area contributed by atoms with Crippen LogP contribution < -0.4 is 5.32 Å². The van der Waals surface area contributed by atoms with E-state index < -0.39 is 0 Å². The van der Waals surface area contributed by atoms with E-state index in [1.807, 2.05) is 43.3 Å². The largest absolute Gasteiger partial charge is 0.451 e. The van der Waals surface area contributed by atoms with Crippen LogP contribution in [0.2, 0.25) is 5.02 Å². The highest BCUT2D eigenvalue weighted by Gasteiger charge is 2.15. The summed E-state index contributed by atoms with van der Waals surface area (Å²) in [7, 11) is 0. The van der Waals surface area contributed by atoms with Gasteiger partial charge in [-0.1, -0.05) is 17.7 Å². The summed E-state index contributed by atoms with van der Waals surface area (Å²) in [6, 6.07) is 19.8. The Bertz CT molecular complexity index is 1370. The molecule has 3 aromatic heterocycles. The number of aromatic nitrogens is 2. The predicted octanol–water partition coefficient (Wildman–Crippen LogP) is 6.36. The number of hydrogen-bond acceptors (Lipinski definition) is 5. The predicted molar refractivity (Wildman–Crippen MR) is 119 cm³/mol. The highest BCUT2D eigenvalue weighted by molar-refractivity contribution is 6.30. The number of pyridine rings is 1. The van der Waals surface area contributed by atoms with Crippen LogP contribution in [0.5, 0.6) is 0 Å². The van der Waals surface area contributed by atoms with Crippen molar-refractivity contribution in [2.75, 3.05) is 5.32 Å². The standard InChI is InChI=1S/C24H16ClN3O3/c1-14-4-9-17(13-18(14)24-28-22-20(31-24)3-2-12-26-22)27-23(29)21-11-10-19(30-21)15-5-7-16(25)8-6-15/h2-13H,1H3,(H,27,29). The highest BCUT2D eigenvalue weighted by Crippen LogP contribution is 2.29. The second-order valence-electron chi connectivity index (χ2n) is 7.00. The molecule has 1 N–H and O–H groups in total. The Morgan fingerprint density at radius 2 is 1.84 bits per heavy atom. The zero-order chi connectivity index (χ0) is 21.4. The summed E-state index contributed by atoms with van der Waals surface area (Å²) in [6.45, 7) is 1.95. The van der Waals surface area contributed by atoms with E-state index in [1.165, 1.54) is 0 Å². The second-order valence-corrected chi connectivity index (χ2v) is 7.44. The molecule has 0 unspecified atom stereocenters. The number of nitrogens with one attached hydrogen (secondary N) is 1. The number of rotatable bonds is 4. The van der Waals surface area contributed by atoms with Gasteiger partial charge >= 0.3 is 0 Å². The number of oxazole rings is 1. The molecular weight excluding hydrogens is 414 g/mol. The van der Waals surface area contributed by atoms with E-state index in [0.717, 1.165) is 16.7 Å². The molecule has 0 saturated carbocycles. The summed E-state index contributed by atoms with van der Waals surface area (Å²) < 4.78 is 11.6. The number of halogens is 1. The molecule has 0 saturated heterocycles. The second kappa shape index (κ2) is 7.74. The van der Waals surface area contributed by atoms with E-state index in [-0.39, 0.29) is 11.7 Å². The van der Waals surface area contributed by atoms with Crippen LogP contribution in [0.4, 0.5) is 5.69 Å². The van der Waals surface area contributed by atoms with Crippen molar-refractivity contribution in [3.63, 3.8) is 0 Å². The molecule has 5 aromatic rings. The van der Waals surface area contributed by atoms with Gasteiger partial charge in [0.1, 0.15) is 5.76 Å². The third kappa shape index (κ3) is 3.81. The molecule has 6 nitrogen and oxygen atoms in total. The van der Waals surface area contributed by atoms with Crippen LogP contribution in [0.1, 0.15) is 16.1 Å². The number of carbonyl (C=O) groups excluding carboxylic acids is 1. The average molecular weight is 430 g/mol. The maximum absolute atomic E-state index is 12.7. The fourth-order valence-corrected chi connectivity index (χ4v) is 3.36. The van der Waals surface area contributed by atoms with Gasteiger partial charge in [0.05, 0.1) is 0 Å². The summed E-state index contributed by atoms with van der Waals surface area (Å²) >= 11 is 5.93.